The Morgan fingerprint density at radius 2 is 1.95 bits per heavy atom. The SMILES string of the molecule is O=C(c1[c]ccc(-c2ccc3cccnc3c2)c1)C1(O)CC1. The second kappa shape index (κ2) is 4.75. The van der Waals surface area contributed by atoms with Crippen LogP contribution in [0.5, 0.6) is 0 Å². The van der Waals surface area contributed by atoms with Gasteiger partial charge in [0.1, 0.15) is 5.60 Å². The number of fused-ring (bicyclic) bond motifs is 1. The lowest BCUT2D eigenvalue weighted by Crippen LogP contribution is -2.21. The lowest BCUT2D eigenvalue weighted by Gasteiger charge is -2.09. The summed E-state index contributed by atoms with van der Waals surface area (Å²) in [5, 5.41) is 11.1. The van der Waals surface area contributed by atoms with Gasteiger partial charge < -0.3 is 5.11 Å². The van der Waals surface area contributed by atoms with E-state index in [1.807, 2.05) is 36.4 Å². The van der Waals surface area contributed by atoms with Crippen LogP contribution in [0.2, 0.25) is 0 Å². The van der Waals surface area contributed by atoms with Gasteiger partial charge in [-0.15, -0.1) is 0 Å². The average Bonchev–Trinajstić information content (AvgIpc) is 3.33. The smallest absolute Gasteiger partial charge is 0.194 e. The van der Waals surface area contributed by atoms with Gasteiger partial charge in [-0.3, -0.25) is 9.78 Å². The van der Waals surface area contributed by atoms with Crippen LogP contribution >= 0.6 is 0 Å². The standard InChI is InChI=1S/C19H14NO2/c21-18(19(22)8-9-19)16-4-1-3-14(11-16)15-7-6-13-5-2-10-20-17(13)12-15/h1-3,5-7,10-12,22H,8-9H2. The molecule has 107 valence electrons. The van der Waals surface area contributed by atoms with E-state index in [9.17, 15) is 9.90 Å². The Hall–Kier alpha value is -2.52. The van der Waals surface area contributed by atoms with Gasteiger partial charge in [-0.2, -0.15) is 0 Å². The molecule has 0 atom stereocenters. The van der Waals surface area contributed by atoms with E-state index in [4.69, 9.17) is 0 Å². The number of ketones is 1. The lowest BCUT2D eigenvalue weighted by atomic mass is 9.98. The third-order valence-electron chi connectivity index (χ3n) is 4.13. The minimum Gasteiger partial charge on any atom is -0.382 e. The summed E-state index contributed by atoms with van der Waals surface area (Å²) >= 11 is 0. The molecule has 0 bridgehead atoms. The van der Waals surface area contributed by atoms with Crippen molar-refractivity contribution in [3.63, 3.8) is 0 Å². The normalized spacial score (nSPS) is 15.7. The summed E-state index contributed by atoms with van der Waals surface area (Å²) in [6.07, 6.45) is 2.86. The van der Waals surface area contributed by atoms with Crippen molar-refractivity contribution in [2.45, 2.75) is 18.4 Å². The summed E-state index contributed by atoms with van der Waals surface area (Å²) in [4.78, 5) is 16.6. The van der Waals surface area contributed by atoms with Crippen LogP contribution in [0.4, 0.5) is 0 Å². The quantitative estimate of drug-likeness (QED) is 0.751. The fourth-order valence-corrected chi connectivity index (χ4v) is 2.62. The van der Waals surface area contributed by atoms with E-state index in [0.717, 1.165) is 22.0 Å². The maximum absolute atomic E-state index is 12.2. The molecule has 1 radical (unpaired) electrons. The Kier molecular flexibility index (Phi) is 2.84. The Bertz CT molecular complexity index is 881. The maximum atomic E-state index is 12.2. The molecule has 0 aliphatic heterocycles. The number of benzene rings is 2. The van der Waals surface area contributed by atoms with E-state index >= 15 is 0 Å². The van der Waals surface area contributed by atoms with Crippen molar-refractivity contribution < 1.29 is 9.90 Å². The molecule has 0 amide bonds. The summed E-state index contributed by atoms with van der Waals surface area (Å²) in [6.45, 7) is 0. The van der Waals surface area contributed by atoms with E-state index in [1.165, 1.54) is 0 Å². The van der Waals surface area contributed by atoms with Crippen LogP contribution in [0.25, 0.3) is 22.0 Å². The molecule has 0 unspecified atom stereocenters. The molecular weight excluding hydrogens is 274 g/mol. The van der Waals surface area contributed by atoms with Gasteiger partial charge in [0.25, 0.3) is 0 Å². The van der Waals surface area contributed by atoms with Gasteiger partial charge >= 0.3 is 0 Å². The zero-order valence-corrected chi connectivity index (χ0v) is 11.9. The molecular formula is C19H14NO2. The van der Waals surface area contributed by atoms with E-state index in [2.05, 4.69) is 11.1 Å². The Balaban J connectivity index is 1.76. The summed E-state index contributed by atoms with van der Waals surface area (Å²) in [5.74, 6) is -0.228. The van der Waals surface area contributed by atoms with Crippen LogP contribution < -0.4 is 0 Å². The highest BCUT2D eigenvalue weighted by atomic mass is 16.3. The Labute approximate surface area is 128 Å². The first-order valence-corrected chi connectivity index (χ1v) is 7.30. The number of carbonyl (C=O) groups is 1. The van der Waals surface area contributed by atoms with E-state index < -0.39 is 5.60 Å². The van der Waals surface area contributed by atoms with Gasteiger partial charge in [-0.1, -0.05) is 30.3 Å². The summed E-state index contributed by atoms with van der Waals surface area (Å²) in [6, 6.07) is 18.3. The van der Waals surface area contributed by atoms with E-state index in [-0.39, 0.29) is 5.78 Å². The van der Waals surface area contributed by atoms with Gasteiger partial charge in [-0.25, -0.2) is 0 Å². The summed E-state index contributed by atoms with van der Waals surface area (Å²) in [5.41, 5.74) is 2.14. The van der Waals surface area contributed by atoms with Crippen LogP contribution in [0.15, 0.2) is 54.7 Å². The van der Waals surface area contributed by atoms with Crippen molar-refractivity contribution >= 4 is 16.7 Å². The van der Waals surface area contributed by atoms with Crippen LogP contribution in [0.3, 0.4) is 0 Å². The molecule has 1 heterocycles. The minimum absolute atomic E-state index is 0.228. The molecule has 2 aromatic carbocycles. The number of Topliss-reactive ketones (excluding diaryl/α,β-unsaturated/α-hetero) is 1. The first-order chi connectivity index (χ1) is 10.7. The number of rotatable bonds is 3. The zero-order valence-electron chi connectivity index (χ0n) is 11.9. The van der Waals surface area contributed by atoms with Crippen molar-refractivity contribution in [1.82, 2.24) is 4.98 Å². The first kappa shape index (κ1) is 13.2. The van der Waals surface area contributed by atoms with Gasteiger partial charge in [0.15, 0.2) is 5.78 Å². The molecule has 0 spiro atoms. The molecule has 1 saturated carbocycles. The van der Waals surface area contributed by atoms with Crippen LogP contribution in [-0.2, 0) is 0 Å². The topological polar surface area (TPSA) is 50.2 Å². The molecule has 1 aliphatic rings. The largest absolute Gasteiger partial charge is 0.382 e. The predicted molar refractivity (Wildman–Crippen MR) is 84.5 cm³/mol. The number of aromatic nitrogens is 1. The second-order valence-electron chi connectivity index (χ2n) is 5.76. The fraction of sp³-hybridized carbons (Fsp3) is 0.158. The molecule has 1 fully saturated rings. The summed E-state index contributed by atoms with van der Waals surface area (Å²) in [7, 11) is 0. The monoisotopic (exact) mass is 288 g/mol. The second-order valence-corrected chi connectivity index (χ2v) is 5.76. The third-order valence-corrected chi connectivity index (χ3v) is 4.13. The molecule has 0 saturated heterocycles. The van der Waals surface area contributed by atoms with Crippen molar-refractivity contribution in [3.05, 3.63) is 66.4 Å². The maximum Gasteiger partial charge on any atom is 0.194 e. The Morgan fingerprint density at radius 3 is 2.77 bits per heavy atom. The van der Waals surface area contributed by atoms with Crippen LogP contribution in [0.1, 0.15) is 23.2 Å². The van der Waals surface area contributed by atoms with E-state index in [0.29, 0.717) is 18.4 Å². The molecule has 3 heteroatoms. The van der Waals surface area contributed by atoms with Crippen molar-refractivity contribution in [2.75, 3.05) is 0 Å². The number of carbonyl (C=O) groups excluding carboxylic acids is 1. The predicted octanol–water partition coefficient (Wildman–Crippen LogP) is 3.41. The lowest BCUT2D eigenvalue weighted by molar-refractivity contribution is 0.0690. The average molecular weight is 288 g/mol. The van der Waals surface area contributed by atoms with Gasteiger partial charge in [0.2, 0.25) is 0 Å². The molecule has 3 aromatic rings. The number of hydrogen-bond donors (Lipinski definition) is 1. The highest BCUT2D eigenvalue weighted by molar-refractivity contribution is 6.04. The minimum atomic E-state index is -1.15. The van der Waals surface area contributed by atoms with Gasteiger partial charge in [0.05, 0.1) is 5.52 Å². The highest BCUT2D eigenvalue weighted by Gasteiger charge is 2.48. The fourth-order valence-electron chi connectivity index (χ4n) is 2.62. The van der Waals surface area contributed by atoms with Crippen LogP contribution in [0, 0.1) is 6.07 Å². The highest BCUT2D eigenvalue weighted by Crippen LogP contribution is 2.38. The number of pyridine rings is 1. The van der Waals surface area contributed by atoms with E-state index in [1.54, 1.807) is 18.3 Å². The molecule has 3 nitrogen and oxygen atoms in total. The molecule has 4 rings (SSSR count). The number of nitrogens with zero attached hydrogens (tertiary/aromatic N) is 1. The zero-order chi connectivity index (χ0) is 15.2. The molecule has 22 heavy (non-hydrogen) atoms. The van der Waals surface area contributed by atoms with Crippen molar-refractivity contribution in [3.8, 4) is 11.1 Å². The first-order valence-electron chi connectivity index (χ1n) is 7.30. The summed E-state index contributed by atoms with van der Waals surface area (Å²) < 4.78 is 0. The van der Waals surface area contributed by atoms with Crippen molar-refractivity contribution in [2.24, 2.45) is 0 Å². The van der Waals surface area contributed by atoms with Crippen LogP contribution in [-0.4, -0.2) is 21.5 Å². The number of aliphatic hydroxyl groups is 1. The van der Waals surface area contributed by atoms with Gasteiger partial charge in [-0.05, 0) is 48.2 Å². The van der Waals surface area contributed by atoms with Crippen molar-refractivity contribution in [1.29, 1.82) is 0 Å². The third kappa shape index (κ3) is 2.20. The Morgan fingerprint density at radius 1 is 1.14 bits per heavy atom. The molecule has 1 N–H and O–H groups in total. The molecule has 1 aromatic heterocycles. The van der Waals surface area contributed by atoms with Gasteiger partial charge in [0, 0.05) is 17.1 Å². The number of hydrogen-bond acceptors (Lipinski definition) is 3. The molecule has 1 aliphatic carbocycles.